The van der Waals surface area contributed by atoms with Crippen LogP contribution in [0.4, 0.5) is 0 Å². The van der Waals surface area contributed by atoms with Gasteiger partial charge in [0.15, 0.2) is 0 Å². The lowest BCUT2D eigenvalue weighted by Crippen LogP contribution is -2.17. The number of rotatable bonds is 1. The highest BCUT2D eigenvalue weighted by Gasteiger charge is 2.27. The maximum absolute atomic E-state index is 5.51. The number of nitrogens with zero attached hydrogens (tertiary/aromatic N) is 1. The molecule has 0 saturated heterocycles. The molecule has 0 saturated carbocycles. The summed E-state index contributed by atoms with van der Waals surface area (Å²) in [6.07, 6.45) is 5.99. The average molecular weight is 188 g/mol. The zero-order valence-corrected chi connectivity index (χ0v) is 8.79. The van der Waals surface area contributed by atoms with Gasteiger partial charge in [-0.15, -0.1) is 5.73 Å². The minimum Gasteiger partial charge on any atom is -0.474 e. The number of aliphatic imine (C=N–C) groups is 1. The van der Waals surface area contributed by atoms with Crippen LogP contribution in [0.15, 0.2) is 34.5 Å². The third-order valence-electron chi connectivity index (χ3n) is 2.16. The molecule has 0 unspecified atom stereocenters. The minimum atomic E-state index is -0.0892. The van der Waals surface area contributed by atoms with Gasteiger partial charge in [-0.25, -0.2) is 4.99 Å². The molecular weight excluding hydrogens is 174 g/mol. The Bertz CT molecular complexity index is 368. The zero-order chi connectivity index (χ0) is 10.2. The van der Waals surface area contributed by atoms with Crippen molar-refractivity contribution in [2.45, 2.75) is 26.3 Å². The van der Waals surface area contributed by atoms with Crippen LogP contribution in [0.3, 0.4) is 0 Å². The van der Waals surface area contributed by atoms with E-state index in [-0.39, 0.29) is 5.54 Å². The molecule has 0 atom stereocenters. The van der Waals surface area contributed by atoms with Crippen LogP contribution in [0, 0.1) is 5.92 Å². The van der Waals surface area contributed by atoms with E-state index in [9.17, 15) is 0 Å². The SMILES string of the molecule is C[C]1C=C=C(C2=NC(C)(C)CO2)C=C1. The third-order valence-corrected chi connectivity index (χ3v) is 2.16. The Morgan fingerprint density at radius 3 is 2.71 bits per heavy atom. The number of ether oxygens (including phenoxy) is 1. The van der Waals surface area contributed by atoms with Gasteiger partial charge >= 0.3 is 0 Å². The van der Waals surface area contributed by atoms with Crippen molar-refractivity contribution >= 4 is 5.90 Å². The third kappa shape index (κ3) is 1.80. The second-order valence-corrected chi connectivity index (χ2v) is 4.30. The van der Waals surface area contributed by atoms with Gasteiger partial charge in [0, 0.05) is 5.92 Å². The normalized spacial score (nSPS) is 24.5. The molecular formula is C12H14NO. The summed E-state index contributed by atoms with van der Waals surface area (Å²) in [6.45, 7) is 6.83. The first-order valence-corrected chi connectivity index (χ1v) is 4.78. The van der Waals surface area contributed by atoms with Crippen LogP contribution in [-0.2, 0) is 4.74 Å². The molecule has 2 heteroatoms. The summed E-state index contributed by atoms with van der Waals surface area (Å²) >= 11 is 0. The summed E-state index contributed by atoms with van der Waals surface area (Å²) in [7, 11) is 0. The van der Waals surface area contributed by atoms with E-state index < -0.39 is 0 Å². The molecule has 2 rings (SSSR count). The van der Waals surface area contributed by atoms with Crippen molar-refractivity contribution in [2.24, 2.45) is 4.99 Å². The Hall–Kier alpha value is -1.27. The number of hydrogen-bond donors (Lipinski definition) is 0. The summed E-state index contributed by atoms with van der Waals surface area (Å²) in [5.74, 6) is 1.92. The summed E-state index contributed by atoms with van der Waals surface area (Å²) < 4.78 is 5.51. The van der Waals surface area contributed by atoms with Crippen molar-refractivity contribution in [3.8, 4) is 0 Å². The molecule has 0 aromatic heterocycles. The van der Waals surface area contributed by atoms with Gasteiger partial charge in [0.1, 0.15) is 6.61 Å². The van der Waals surface area contributed by atoms with Crippen LogP contribution in [0.2, 0.25) is 0 Å². The summed E-state index contributed by atoms with van der Waals surface area (Å²) in [5, 5.41) is 0. The molecule has 0 spiro atoms. The molecule has 0 fully saturated rings. The van der Waals surface area contributed by atoms with Gasteiger partial charge in [0.25, 0.3) is 0 Å². The molecule has 14 heavy (non-hydrogen) atoms. The number of allylic oxidation sites excluding steroid dienone is 1. The van der Waals surface area contributed by atoms with E-state index >= 15 is 0 Å². The Morgan fingerprint density at radius 1 is 1.43 bits per heavy atom. The lowest BCUT2D eigenvalue weighted by molar-refractivity contribution is 0.279. The Balaban J connectivity index is 2.27. The van der Waals surface area contributed by atoms with E-state index in [0.717, 1.165) is 11.5 Å². The molecule has 2 nitrogen and oxygen atoms in total. The van der Waals surface area contributed by atoms with Crippen molar-refractivity contribution < 1.29 is 4.74 Å². The van der Waals surface area contributed by atoms with E-state index in [1.165, 1.54) is 5.92 Å². The van der Waals surface area contributed by atoms with Gasteiger partial charge in [-0.05, 0) is 26.0 Å². The van der Waals surface area contributed by atoms with Crippen molar-refractivity contribution in [3.63, 3.8) is 0 Å². The molecule has 1 aliphatic carbocycles. The molecule has 0 aromatic carbocycles. The predicted molar refractivity (Wildman–Crippen MR) is 57.1 cm³/mol. The second-order valence-electron chi connectivity index (χ2n) is 4.30. The first-order valence-electron chi connectivity index (χ1n) is 4.78. The van der Waals surface area contributed by atoms with Crippen LogP contribution < -0.4 is 0 Å². The van der Waals surface area contributed by atoms with E-state index in [1.54, 1.807) is 0 Å². The minimum absolute atomic E-state index is 0.0892. The van der Waals surface area contributed by atoms with E-state index in [1.807, 2.05) is 25.2 Å². The van der Waals surface area contributed by atoms with Crippen LogP contribution in [-0.4, -0.2) is 18.0 Å². The standard InChI is InChI=1S/C12H14NO/c1-9-4-6-10(7-5-9)11-13-12(2,3)8-14-11/h4-6H,8H2,1-3H3. The zero-order valence-electron chi connectivity index (χ0n) is 8.79. The molecule has 73 valence electrons. The van der Waals surface area contributed by atoms with E-state index in [4.69, 9.17) is 4.74 Å². The van der Waals surface area contributed by atoms with Gasteiger partial charge in [0.2, 0.25) is 5.90 Å². The first-order chi connectivity index (χ1) is 6.57. The first kappa shape index (κ1) is 9.29. The fraction of sp³-hybridized carbons (Fsp3) is 0.417. The monoisotopic (exact) mass is 188 g/mol. The lowest BCUT2D eigenvalue weighted by atomic mass is 10.0. The van der Waals surface area contributed by atoms with Crippen LogP contribution in [0.25, 0.3) is 0 Å². The molecule has 0 bridgehead atoms. The van der Waals surface area contributed by atoms with Gasteiger partial charge in [-0.1, -0.05) is 13.0 Å². The maximum Gasteiger partial charge on any atom is 0.224 e. The number of hydrogen-bond acceptors (Lipinski definition) is 2. The molecule has 1 heterocycles. The predicted octanol–water partition coefficient (Wildman–Crippen LogP) is 2.44. The largest absolute Gasteiger partial charge is 0.474 e. The molecule has 0 aromatic rings. The fourth-order valence-electron chi connectivity index (χ4n) is 1.36. The second kappa shape index (κ2) is 3.14. The van der Waals surface area contributed by atoms with Crippen molar-refractivity contribution in [3.05, 3.63) is 35.5 Å². The Labute approximate surface area is 84.7 Å². The molecule has 0 N–H and O–H groups in total. The summed E-state index contributed by atoms with van der Waals surface area (Å²) in [6, 6.07) is 0. The summed E-state index contributed by atoms with van der Waals surface area (Å²) in [5.41, 5.74) is 4.02. The van der Waals surface area contributed by atoms with Gasteiger partial charge in [0.05, 0.1) is 11.1 Å². The summed E-state index contributed by atoms with van der Waals surface area (Å²) in [4.78, 5) is 4.48. The quantitative estimate of drug-likeness (QED) is 0.579. The highest BCUT2D eigenvalue weighted by atomic mass is 16.5. The van der Waals surface area contributed by atoms with E-state index in [2.05, 4.69) is 24.6 Å². The lowest BCUT2D eigenvalue weighted by Gasteiger charge is -2.07. The van der Waals surface area contributed by atoms with Crippen molar-refractivity contribution in [1.82, 2.24) is 0 Å². The van der Waals surface area contributed by atoms with Crippen molar-refractivity contribution in [1.29, 1.82) is 0 Å². The van der Waals surface area contributed by atoms with Crippen LogP contribution in [0.1, 0.15) is 20.8 Å². The van der Waals surface area contributed by atoms with Gasteiger partial charge < -0.3 is 4.74 Å². The molecule has 1 radical (unpaired) electrons. The topological polar surface area (TPSA) is 21.6 Å². The highest BCUT2D eigenvalue weighted by Crippen LogP contribution is 2.22. The Morgan fingerprint density at radius 2 is 2.21 bits per heavy atom. The smallest absolute Gasteiger partial charge is 0.224 e. The van der Waals surface area contributed by atoms with Gasteiger partial charge in [-0.3, -0.25) is 0 Å². The van der Waals surface area contributed by atoms with Crippen LogP contribution >= 0.6 is 0 Å². The van der Waals surface area contributed by atoms with Crippen LogP contribution in [0.5, 0.6) is 0 Å². The Kier molecular flexibility index (Phi) is 2.09. The molecule has 1 aliphatic heterocycles. The molecule has 0 amide bonds. The van der Waals surface area contributed by atoms with E-state index in [0.29, 0.717) is 6.61 Å². The molecule has 2 aliphatic rings. The highest BCUT2D eigenvalue weighted by molar-refractivity contribution is 5.97. The fourth-order valence-corrected chi connectivity index (χ4v) is 1.36. The van der Waals surface area contributed by atoms with Gasteiger partial charge in [-0.2, -0.15) is 0 Å². The average Bonchev–Trinajstić information content (AvgIpc) is 2.47. The maximum atomic E-state index is 5.51. The van der Waals surface area contributed by atoms with Crippen molar-refractivity contribution in [2.75, 3.05) is 6.61 Å².